The number of hydrogen-bond donors (Lipinski definition) is 4. The fourth-order valence-electron chi connectivity index (χ4n) is 8.73. The molecule has 0 aliphatic heterocycles. The summed E-state index contributed by atoms with van der Waals surface area (Å²) in [5, 5.41) is 28.4. The maximum absolute atomic E-state index is 17.9. The van der Waals surface area contributed by atoms with Gasteiger partial charge in [0.15, 0.2) is 10.8 Å². The van der Waals surface area contributed by atoms with Gasteiger partial charge in [-0.15, -0.1) is 11.3 Å². The molecule has 0 unspecified atom stereocenters. The van der Waals surface area contributed by atoms with E-state index in [1.165, 1.54) is 18.2 Å². The Morgan fingerprint density at radius 3 is 2.76 bits per heavy atom. The van der Waals surface area contributed by atoms with Crippen LogP contribution in [0.1, 0.15) is 62.5 Å². The summed E-state index contributed by atoms with van der Waals surface area (Å²) in [4.78, 5) is 29.7. The normalized spacial score (nSPS) is 41.2. The summed E-state index contributed by atoms with van der Waals surface area (Å²) in [6.07, 6.45) is 5.90. The van der Waals surface area contributed by atoms with E-state index in [0.29, 0.717) is 12.8 Å². The van der Waals surface area contributed by atoms with Crippen molar-refractivity contribution in [2.45, 2.75) is 69.3 Å². The minimum Gasteiger partial charge on any atom is -0.383 e. The van der Waals surface area contributed by atoms with Crippen LogP contribution in [-0.2, 0) is 5.60 Å². The zero-order chi connectivity index (χ0) is 29.6. The van der Waals surface area contributed by atoms with Gasteiger partial charge in [-0.25, -0.2) is 13.8 Å². The lowest BCUT2D eigenvalue weighted by Crippen LogP contribution is -2.80. The number of carbonyl (C=O) groups is 1. The fraction of sp³-hybridized carbons (Fsp3) is 0.500. The number of fused-ring (bicyclic) bond motifs is 5. The first-order valence-corrected chi connectivity index (χ1v) is 14.7. The van der Waals surface area contributed by atoms with Gasteiger partial charge in [-0.05, 0) is 68.7 Å². The van der Waals surface area contributed by atoms with Gasteiger partial charge in [0.1, 0.15) is 17.5 Å². The number of carbonyl (C=O) groups excluding carboxylic acids is 1. The molecule has 11 heteroatoms. The van der Waals surface area contributed by atoms with Gasteiger partial charge < -0.3 is 16.2 Å². The molecule has 8 atom stereocenters. The molecule has 1 aromatic heterocycles. The number of amides is 1. The molecule has 2 aromatic rings. The maximum Gasteiger partial charge on any atom is 0.260 e. The molecule has 1 heterocycles. The van der Waals surface area contributed by atoms with E-state index in [0.717, 1.165) is 16.9 Å². The Bertz CT molecular complexity index is 1540. The van der Waals surface area contributed by atoms with Gasteiger partial charge in [-0.1, -0.05) is 42.8 Å². The molecule has 1 aromatic carbocycles. The monoisotopic (exact) mass is 581 g/mol. The van der Waals surface area contributed by atoms with E-state index in [1.54, 1.807) is 36.6 Å². The second-order valence-electron chi connectivity index (χ2n) is 12.6. The first-order valence-electron chi connectivity index (χ1n) is 13.8. The molecular weight excluding hydrogens is 548 g/mol. The van der Waals surface area contributed by atoms with E-state index in [-0.39, 0.29) is 34.9 Å². The van der Waals surface area contributed by atoms with Crippen LogP contribution in [0.3, 0.4) is 0 Å². The number of thiazole rings is 1. The molecule has 6 rings (SSSR count). The summed E-state index contributed by atoms with van der Waals surface area (Å²) in [5.41, 5.74) is 0.684. The van der Waals surface area contributed by atoms with Crippen LogP contribution in [0.4, 0.5) is 13.9 Å². The topological polar surface area (TPSA) is 142 Å². The number of alkyl halides is 1. The number of aliphatic hydroxyl groups is 1. The SMILES string of the molecule is C[C@@H]1C[C@@H]2[C@](C)(C[C@H](N=O)[C@]3(F)[C@@]4(C)C=CC(=N)C=C4CC[C@@]23N)[C@@]1(O)c1csc(NC(=O)c2ccccc2F)n1. The number of allylic oxidation sites excluding steroid dienone is 4. The molecule has 5 N–H and O–H groups in total. The summed E-state index contributed by atoms with van der Waals surface area (Å²) in [6.45, 7) is 5.44. The molecule has 8 nitrogen and oxygen atoms in total. The van der Waals surface area contributed by atoms with E-state index >= 15 is 4.39 Å². The second-order valence-corrected chi connectivity index (χ2v) is 13.4. The fourth-order valence-corrected chi connectivity index (χ4v) is 9.49. The summed E-state index contributed by atoms with van der Waals surface area (Å²) < 4.78 is 32.0. The number of nitrogens with zero attached hydrogens (tertiary/aromatic N) is 2. The van der Waals surface area contributed by atoms with Crippen molar-refractivity contribution >= 4 is 28.1 Å². The summed E-state index contributed by atoms with van der Waals surface area (Å²) >= 11 is 1.09. The molecule has 0 radical (unpaired) electrons. The molecule has 0 spiro atoms. The average Bonchev–Trinajstić information content (AvgIpc) is 3.48. The van der Waals surface area contributed by atoms with E-state index in [1.807, 2.05) is 13.8 Å². The molecule has 1 amide bonds. The number of rotatable bonds is 4. The zero-order valence-corrected chi connectivity index (χ0v) is 23.9. The van der Waals surface area contributed by atoms with Crippen LogP contribution in [0, 0.1) is 38.8 Å². The van der Waals surface area contributed by atoms with Crippen LogP contribution in [0.5, 0.6) is 0 Å². The molecular formula is C30H33F2N5O3S. The highest BCUT2D eigenvalue weighted by molar-refractivity contribution is 7.14. The number of hydrogen-bond acceptors (Lipinski definition) is 8. The highest BCUT2D eigenvalue weighted by Gasteiger charge is 2.80. The van der Waals surface area contributed by atoms with Crippen LogP contribution in [0.25, 0.3) is 0 Å². The number of nitroso groups, excluding NO2 is 1. The Morgan fingerprint density at radius 2 is 2.05 bits per heavy atom. The van der Waals surface area contributed by atoms with Crippen LogP contribution in [0.2, 0.25) is 0 Å². The number of aromatic nitrogens is 1. The van der Waals surface area contributed by atoms with E-state index in [2.05, 4.69) is 15.5 Å². The number of benzene rings is 1. The van der Waals surface area contributed by atoms with Crippen molar-refractivity contribution in [1.82, 2.24) is 4.98 Å². The molecule has 4 aliphatic rings. The minimum atomic E-state index is -2.24. The third-order valence-electron chi connectivity index (χ3n) is 10.8. The lowest BCUT2D eigenvalue weighted by atomic mass is 9.41. The number of anilines is 1. The number of nitrogens with one attached hydrogen (secondary N) is 2. The highest BCUT2D eigenvalue weighted by Crippen LogP contribution is 2.73. The lowest BCUT2D eigenvalue weighted by molar-refractivity contribution is -0.193. The average molecular weight is 582 g/mol. The Hall–Kier alpha value is -3.15. The first-order chi connectivity index (χ1) is 19.3. The van der Waals surface area contributed by atoms with Crippen molar-refractivity contribution in [3.63, 3.8) is 0 Å². The van der Waals surface area contributed by atoms with Gasteiger partial charge in [-0.3, -0.25) is 10.1 Å². The second kappa shape index (κ2) is 8.92. The third kappa shape index (κ3) is 3.39. The third-order valence-corrected chi connectivity index (χ3v) is 11.6. The lowest BCUT2D eigenvalue weighted by Gasteiger charge is -2.66. The zero-order valence-electron chi connectivity index (χ0n) is 23.1. The maximum atomic E-state index is 17.9. The van der Waals surface area contributed by atoms with Crippen LogP contribution < -0.4 is 11.1 Å². The highest BCUT2D eigenvalue weighted by atomic mass is 32.1. The molecule has 3 saturated carbocycles. The molecule has 216 valence electrons. The van der Waals surface area contributed by atoms with Crippen molar-refractivity contribution in [3.8, 4) is 0 Å². The first kappa shape index (κ1) is 28.0. The van der Waals surface area contributed by atoms with Gasteiger partial charge >= 0.3 is 0 Å². The largest absolute Gasteiger partial charge is 0.383 e. The van der Waals surface area contributed by atoms with Crippen molar-refractivity contribution in [3.05, 3.63) is 75.4 Å². The van der Waals surface area contributed by atoms with Crippen molar-refractivity contribution in [1.29, 1.82) is 5.41 Å². The number of nitrogens with two attached hydrogens (primary N) is 1. The van der Waals surface area contributed by atoms with Crippen LogP contribution >= 0.6 is 11.3 Å². The Labute approximate surface area is 240 Å². The van der Waals surface area contributed by atoms with Crippen molar-refractivity contribution in [2.75, 3.05) is 5.32 Å². The Kier molecular flexibility index (Phi) is 6.09. The van der Waals surface area contributed by atoms with Gasteiger partial charge in [0.05, 0.1) is 22.5 Å². The van der Waals surface area contributed by atoms with Crippen molar-refractivity contribution < 1.29 is 18.7 Å². The predicted octanol–water partition coefficient (Wildman–Crippen LogP) is 5.64. The van der Waals surface area contributed by atoms with Gasteiger partial charge in [0.2, 0.25) is 0 Å². The summed E-state index contributed by atoms with van der Waals surface area (Å²) in [5.74, 6) is -2.27. The van der Waals surface area contributed by atoms with Gasteiger partial charge in [-0.2, -0.15) is 4.91 Å². The van der Waals surface area contributed by atoms with Crippen molar-refractivity contribution in [2.24, 2.45) is 33.6 Å². The van der Waals surface area contributed by atoms with E-state index in [4.69, 9.17) is 11.1 Å². The van der Waals surface area contributed by atoms with E-state index in [9.17, 15) is 19.2 Å². The Balaban J connectivity index is 1.40. The molecule has 0 saturated heterocycles. The quantitative estimate of drug-likeness (QED) is 0.346. The summed E-state index contributed by atoms with van der Waals surface area (Å²) in [7, 11) is 0. The smallest absolute Gasteiger partial charge is 0.260 e. The van der Waals surface area contributed by atoms with E-state index < -0.39 is 57.2 Å². The van der Waals surface area contributed by atoms with Crippen LogP contribution in [-0.4, -0.2) is 39.0 Å². The number of halogens is 2. The predicted molar refractivity (Wildman–Crippen MR) is 153 cm³/mol. The minimum absolute atomic E-state index is 0.0555. The van der Waals surface area contributed by atoms with Gasteiger partial charge in [0, 0.05) is 16.2 Å². The molecule has 0 bridgehead atoms. The van der Waals surface area contributed by atoms with Gasteiger partial charge in [0.25, 0.3) is 5.91 Å². The van der Waals surface area contributed by atoms with Crippen LogP contribution in [0.15, 0.2) is 58.6 Å². The molecule has 3 fully saturated rings. The molecule has 41 heavy (non-hydrogen) atoms. The molecule has 4 aliphatic carbocycles. The summed E-state index contributed by atoms with van der Waals surface area (Å²) in [6, 6.07) is 4.24. The Morgan fingerprint density at radius 1 is 1.32 bits per heavy atom. The standard InChI is InChI=1S/C30H33F2N5O3S/c1-16-12-21-27(3,29(16,39)23-15-41-25(35-23)36-24(38)19-6-4-5-7-20(19)31)14-22(37-40)30(32)26(2)10-9-18(33)13-17(26)8-11-28(21,30)34/h4-7,9-10,13,15-16,21-22,33,39H,8,11-12,14,34H2,1-3H3,(H,35,36,38)/t16-,21-,22+,26+,27+,28-,29+,30+/m1/s1.